The number of anilines is 1. The zero-order chi connectivity index (χ0) is 14.4. The van der Waals surface area contributed by atoms with Gasteiger partial charge in [-0.3, -0.25) is 9.78 Å². The average Bonchev–Trinajstić information content (AvgIpc) is 2.46. The summed E-state index contributed by atoms with van der Waals surface area (Å²) in [4.78, 5) is 16.2. The fourth-order valence-electron chi connectivity index (χ4n) is 1.84. The molecule has 5 heteroatoms. The van der Waals surface area contributed by atoms with Crippen molar-refractivity contribution >= 4 is 11.6 Å². The second kappa shape index (κ2) is 6.56. The number of hydrogen-bond acceptors (Lipinski definition) is 4. The normalized spacial score (nSPS) is 10.1. The maximum atomic E-state index is 12.2. The lowest BCUT2D eigenvalue weighted by Crippen LogP contribution is -2.24. The highest BCUT2D eigenvalue weighted by Gasteiger charge is 2.15. The molecule has 1 aromatic heterocycles. The number of nitrogens with two attached hydrogens (primary N) is 1. The lowest BCUT2D eigenvalue weighted by molar-refractivity contribution is 0.0948. The molecule has 0 fully saturated rings. The third kappa shape index (κ3) is 3.26. The molecule has 2 aromatic rings. The van der Waals surface area contributed by atoms with Crippen molar-refractivity contribution in [3.8, 4) is 5.75 Å². The van der Waals surface area contributed by atoms with E-state index in [-0.39, 0.29) is 5.91 Å². The second-order valence-corrected chi connectivity index (χ2v) is 4.19. The Balaban J connectivity index is 2.13. The highest BCUT2D eigenvalue weighted by atomic mass is 16.5. The van der Waals surface area contributed by atoms with Crippen LogP contribution in [0.2, 0.25) is 0 Å². The van der Waals surface area contributed by atoms with Gasteiger partial charge in [0.15, 0.2) is 0 Å². The summed E-state index contributed by atoms with van der Waals surface area (Å²) in [6, 6.07) is 8.88. The number of carbonyl (C=O) groups is 1. The minimum Gasteiger partial charge on any atom is -0.493 e. The van der Waals surface area contributed by atoms with Gasteiger partial charge in [-0.2, -0.15) is 0 Å². The van der Waals surface area contributed by atoms with Crippen LogP contribution in [0.4, 0.5) is 5.69 Å². The molecule has 1 amide bonds. The van der Waals surface area contributed by atoms with Crippen LogP contribution in [0.5, 0.6) is 5.75 Å². The van der Waals surface area contributed by atoms with Gasteiger partial charge < -0.3 is 15.8 Å². The summed E-state index contributed by atoms with van der Waals surface area (Å²) >= 11 is 0. The third-order valence-electron chi connectivity index (χ3n) is 2.79. The van der Waals surface area contributed by atoms with Gasteiger partial charge in [0.2, 0.25) is 0 Å². The average molecular weight is 271 g/mol. The first kappa shape index (κ1) is 13.9. The maximum Gasteiger partial charge on any atom is 0.257 e. The van der Waals surface area contributed by atoms with Gasteiger partial charge in [-0.1, -0.05) is 6.07 Å². The number of benzene rings is 1. The number of amides is 1. The third-order valence-corrected chi connectivity index (χ3v) is 2.79. The lowest BCUT2D eigenvalue weighted by atomic mass is 10.1. The fourth-order valence-corrected chi connectivity index (χ4v) is 1.84. The fraction of sp³-hybridized carbons (Fsp3) is 0.200. The van der Waals surface area contributed by atoms with Crippen molar-refractivity contribution in [3.05, 3.63) is 53.9 Å². The molecule has 0 bridgehead atoms. The van der Waals surface area contributed by atoms with Crippen molar-refractivity contribution in [2.75, 3.05) is 12.3 Å². The van der Waals surface area contributed by atoms with E-state index in [9.17, 15) is 4.79 Å². The number of carbonyl (C=O) groups excluding carboxylic acids is 1. The van der Waals surface area contributed by atoms with Crippen LogP contribution < -0.4 is 15.8 Å². The smallest absolute Gasteiger partial charge is 0.257 e. The van der Waals surface area contributed by atoms with Gasteiger partial charge in [0.25, 0.3) is 5.91 Å². The molecule has 0 aliphatic heterocycles. The second-order valence-electron chi connectivity index (χ2n) is 4.19. The molecule has 3 N–H and O–H groups in total. The van der Waals surface area contributed by atoms with Crippen molar-refractivity contribution < 1.29 is 9.53 Å². The summed E-state index contributed by atoms with van der Waals surface area (Å²) in [5, 5.41) is 2.83. The quantitative estimate of drug-likeness (QED) is 0.815. The van der Waals surface area contributed by atoms with Crippen LogP contribution in [0.15, 0.2) is 42.7 Å². The van der Waals surface area contributed by atoms with E-state index in [1.807, 2.05) is 19.1 Å². The molecular formula is C15H17N3O2. The minimum atomic E-state index is -0.247. The first-order chi connectivity index (χ1) is 9.72. The zero-order valence-electron chi connectivity index (χ0n) is 11.3. The molecular weight excluding hydrogens is 254 g/mol. The molecule has 0 radical (unpaired) electrons. The molecule has 0 atom stereocenters. The Morgan fingerprint density at radius 1 is 1.30 bits per heavy atom. The van der Waals surface area contributed by atoms with Crippen LogP contribution in [0.1, 0.15) is 22.8 Å². The molecule has 20 heavy (non-hydrogen) atoms. The van der Waals surface area contributed by atoms with Crippen molar-refractivity contribution in [3.63, 3.8) is 0 Å². The number of ether oxygens (including phenoxy) is 1. The molecule has 0 spiro atoms. The minimum absolute atomic E-state index is 0.247. The monoisotopic (exact) mass is 271 g/mol. The van der Waals surface area contributed by atoms with Crippen LogP contribution in [-0.2, 0) is 6.54 Å². The number of hydrogen-bond donors (Lipinski definition) is 2. The molecule has 0 saturated carbocycles. The lowest BCUT2D eigenvalue weighted by Gasteiger charge is -2.12. The van der Waals surface area contributed by atoms with Crippen LogP contribution in [0.25, 0.3) is 0 Å². The first-order valence-corrected chi connectivity index (χ1v) is 6.40. The van der Waals surface area contributed by atoms with E-state index in [2.05, 4.69) is 10.3 Å². The summed E-state index contributed by atoms with van der Waals surface area (Å²) in [6.07, 6.45) is 3.37. The van der Waals surface area contributed by atoms with Crippen LogP contribution in [-0.4, -0.2) is 17.5 Å². The van der Waals surface area contributed by atoms with E-state index in [4.69, 9.17) is 10.5 Å². The summed E-state index contributed by atoms with van der Waals surface area (Å²) < 4.78 is 5.44. The summed E-state index contributed by atoms with van der Waals surface area (Å²) in [7, 11) is 0. The molecule has 1 aromatic carbocycles. The van der Waals surface area contributed by atoms with Crippen LogP contribution in [0, 0.1) is 0 Å². The predicted octanol–water partition coefficient (Wildman–Crippen LogP) is 1.99. The number of nitrogens with one attached hydrogen (secondary N) is 1. The summed E-state index contributed by atoms with van der Waals surface area (Å²) in [6.45, 7) is 2.76. The van der Waals surface area contributed by atoms with Gasteiger partial charge in [-0.25, -0.2) is 0 Å². The Bertz CT molecular complexity index is 585. The van der Waals surface area contributed by atoms with Crippen molar-refractivity contribution in [2.45, 2.75) is 13.5 Å². The van der Waals surface area contributed by atoms with Gasteiger partial charge in [-0.15, -0.1) is 0 Å². The van der Waals surface area contributed by atoms with Gasteiger partial charge in [0.05, 0.1) is 6.61 Å². The van der Waals surface area contributed by atoms with E-state index >= 15 is 0 Å². The van der Waals surface area contributed by atoms with Crippen LogP contribution in [0.3, 0.4) is 0 Å². The molecule has 104 valence electrons. The largest absolute Gasteiger partial charge is 0.493 e. The Labute approximate surface area is 117 Å². The van der Waals surface area contributed by atoms with Crippen molar-refractivity contribution in [1.82, 2.24) is 10.3 Å². The van der Waals surface area contributed by atoms with E-state index < -0.39 is 0 Å². The summed E-state index contributed by atoms with van der Waals surface area (Å²) in [5.74, 6) is 0.253. The Kier molecular flexibility index (Phi) is 4.55. The number of pyridine rings is 1. The standard InChI is InChI=1S/C15H17N3O2/c1-2-20-13-5-3-4-12(16)14(13)15(19)18-10-11-6-8-17-9-7-11/h3-9H,2,10,16H2,1H3,(H,18,19). The van der Waals surface area contributed by atoms with Gasteiger partial charge in [0, 0.05) is 24.6 Å². The molecule has 1 heterocycles. The Hall–Kier alpha value is -2.56. The number of rotatable bonds is 5. The SMILES string of the molecule is CCOc1cccc(N)c1C(=O)NCc1ccncc1. The van der Waals surface area contributed by atoms with E-state index in [1.54, 1.807) is 30.6 Å². The number of nitrogen functional groups attached to an aromatic ring is 1. The van der Waals surface area contributed by atoms with E-state index in [0.29, 0.717) is 30.2 Å². The molecule has 2 rings (SSSR count). The summed E-state index contributed by atoms with van der Waals surface area (Å²) in [5.41, 5.74) is 7.63. The van der Waals surface area contributed by atoms with Gasteiger partial charge >= 0.3 is 0 Å². The zero-order valence-corrected chi connectivity index (χ0v) is 11.3. The molecule has 0 aliphatic carbocycles. The highest BCUT2D eigenvalue weighted by molar-refractivity contribution is 6.01. The number of aromatic nitrogens is 1. The molecule has 5 nitrogen and oxygen atoms in total. The molecule has 0 aliphatic rings. The predicted molar refractivity (Wildman–Crippen MR) is 77.4 cm³/mol. The Morgan fingerprint density at radius 2 is 2.05 bits per heavy atom. The van der Waals surface area contributed by atoms with Gasteiger partial charge in [-0.05, 0) is 36.8 Å². The molecule has 0 unspecified atom stereocenters. The number of nitrogens with zero attached hydrogens (tertiary/aromatic N) is 1. The van der Waals surface area contributed by atoms with E-state index in [1.165, 1.54) is 0 Å². The van der Waals surface area contributed by atoms with Crippen molar-refractivity contribution in [1.29, 1.82) is 0 Å². The van der Waals surface area contributed by atoms with Crippen LogP contribution >= 0.6 is 0 Å². The molecule has 0 saturated heterocycles. The highest BCUT2D eigenvalue weighted by Crippen LogP contribution is 2.24. The van der Waals surface area contributed by atoms with Crippen molar-refractivity contribution in [2.24, 2.45) is 0 Å². The van der Waals surface area contributed by atoms with Gasteiger partial charge in [0.1, 0.15) is 11.3 Å². The first-order valence-electron chi connectivity index (χ1n) is 6.40. The topological polar surface area (TPSA) is 77.2 Å². The maximum absolute atomic E-state index is 12.2. The Morgan fingerprint density at radius 3 is 2.75 bits per heavy atom. The van der Waals surface area contributed by atoms with E-state index in [0.717, 1.165) is 5.56 Å².